The van der Waals surface area contributed by atoms with E-state index < -0.39 is 5.60 Å². The summed E-state index contributed by atoms with van der Waals surface area (Å²) in [6.07, 6.45) is 2.13. The third-order valence-electron chi connectivity index (χ3n) is 4.23. The van der Waals surface area contributed by atoms with E-state index >= 15 is 0 Å². The van der Waals surface area contributed by atoms with Gasteiger partial charge in [-0.2, -0.15) is 0 Å². The monoisotopic (exact) mass is 340 g/mol. The molecule has 6 heteroatoms. The van der Waals surface area contributed by atoms with Gasteiger partial charge in [0.15, 0.2) is 5.60 Å². The molecular formula is C17H25ClN2O3. The fourth-order valence-corrected chi connectivity index (χ4v) is 2.82. The van der Waals surface area contributed by atoms with Gasteiger partial charge in [0, 0.05) is 31.5 Å². The molecule has 2 N–H and O–H groups in total. The maximum absolute atomic E-state index is 12.8. The molecule has 0 saturated carbocycles. The lowest BCUT2D eigenvalue weighted by Gasteiger charge is -2.36. The van der Waals surface area contributed by atoms with Crippen LogP contribution in [0.25, 0.3) is 0 Å². The number of halogens is 1. The maximum Gasteiger partial charge on any atom is 0.264 e. The van der Waals surface area contributed by atoms with Crippen LogP contribution in [0.1, 0.15) is 26.2 Å². The highest BCUT2D eigenvalue weighted by atomic mass is 35.5. The first kappa shape index (κ1) is 18.0. The Morgan fingerprint density at radius 3 is 2.57 bits per heavy atom. The molecule has 5 nitrogen and oxygen atoms in total. The topological polar surface area (TPSA) is 59.6 Å². The number of methoxy groups -OCH3 is 1. The van der Waals surface area contributed by atoms with Crippen LogP contribution in [0.15, 0.2) is 24.3 Å². The second-order valence-electron chi connectivity index (χ2n) is 5.78. The Balaban J connectivity index is 2.08. The zero-order valence-corrected chi connectivity index (χ0v) is 14.5. The third-order valence-corrected chi connectivity index (χ3v) is 4.48. The van der Waals surface area contributed by atoms with Crippen molar-refractivity contribution in [2.75, 3.05) is 26.7 Å². The number of rotatable bonds is 7. The summed E-state index contributed by atoms with van der Waals surface area (Å²) in [4.78, 5) is 12.8. The Kier molecular flexibility index (Phi) is 6.69. The zero-order valence-electron chi connectivity index (χ0n) is 13.7. The van der Waals surface area contributed by atoms with Crippen molar-refractivity contribution in [2.45, 2.75) is 37.9 Å². The Hall–Kier alpha value is -1.30. The number of benzene rings is 1. The van der Waals surface area contributed by atoms with Gasteiger partial charge in [0.1, 0.15) is 5.75 Å². The van der Waals surface area contributed by atoms with Crippen molar-refractivity contribution in [2.24, 2.45) is 0 Å². The van der Waals surface area contributed by atoms with Crippen LogP contribution in [0.5, 0.6) is 5.75 Å². The number of hydrogen-bond donors (Lipinski definition) is 2. The molecule has 0 aliphatic carbocycles. The van der Waals surface area contributed by atoms with Crippen molar-refractivity contribution in [3.05, 3.63) is 29.3 Å². The van der Waals surface area contributed by atoms with Gasteiger partial charge in [-0.25, -0.2) is 0 Å². The van der Waals surface area contributed by atoms with E-state index in [1.807, 2.05) is 6.92 Å². The summed E-state index contributed by atoms with van der Waals surface area (Å²) >= 11 is 5.91. The normalized spacial score (nSPS) is 18.2. The Morgan fingerprint density at radius 1 is 1.35 bits per heavy atom. The first-order chi connectivity index (χ1) is 11.1. The highest BCUT2D eigenvalue weighted by molar-refractivity contribution is 6.30. The molecule has 1 heterocycles. The van der Waals surface area contributed by atoms with Crippen LogP contribution in [0.2, 0.25) is 5.02 Å². The average Bonchev–Trinajstić information content (AvgIpc) is 2.58. The SMILES string of the molecule is CCC(CNC(=O)C1(Oc2ccc(Cl)cc2)CCNCC1)OC. The summed E-state index contributed by atoms with van der Waals surface area (Å²) in [5.74, 6) is 0.578. The molecule has 1 unspecified atom stereocenters. The van der Waals surface area contributed by atoms with Crippen molar-refractivity contribution in [3.63, 3.8) is 0 Å². The quantitative estimate of drug-likeness (QED) is 0.800. The van der Waals surface area contributed by atoms with E-state index in [0.29, 0.717) is 30.2 Å². The van der Waals surface area contributed by atoms with Crippen LogP contribution < -0.4 is 15.4 Å². The van der Waals surface area contributed by atoms with Crippen molar-refractivity contribution in [1.82, 2.24) is 10.6 Å². The molecule has 1 aromatic carbocycles. The van der Waals surface area contributed by atoms with Crippen molar-refractivity contribution >= 4 is 17.5 Å². The largest absolute Gasteiger partial charge is 0.477 e. The van der Waals surface area contributed by atoms with Gasteiger partial charge in [-0.1, -0.05) is 18.5 Å². The van der Waals surface area contributed by atoms with Crippen LogP contribution in [-0.2, 0) is 9.53 Å². The first-order valence-electron chi connectivity index (χ1n) is 8.06. The van der Waals surface area contributed by atoms with E-state index in [1.165, 1.54) is 0 Å². The standard InChI is InChI=1S/C17H25ClN2O3/c1-3-14(22-2)12-20-16(21)17(8-10-19-11-9-17)23-15-6-4-13(18)5-7-15/h4-7,14,19H,3,8-12H2,1-2H3,(H,20,21). The van der Waals surface area contributed by atoms with E-state index in [0.717, 1.165) is 19.5 Å². The van der Waals surface area contributed by atoms with Gasteiger partial charge in [0.2, 0.25) is 0 Å². The molecule has 1 aromatic rings. The van der Waals surface area contributed by atoms with Crippen LogP contribution >= 0.6 is 11.6 Å². The molecule has 0 radical (unpaired) electrons. The lowest BCUT2D eigenvalue weighted by molar-refractivity contribution is -0.139. The van der Waals surface area contributed by atoms with Gasteiger partial charge in [0.25, 0.3) is 5.91 Å². The minimum absolute atomic E-state index is 0.0215. The summed E-state index contributed by atoms with van der Waals surface area (Å²) in [7, 11) is 1.66. The highest BCUT2D eigenvalue weighted by Crippen LogP contribution is 2.28. The van der Waals surface area contributed by atoms with Gasteiger partial charge in [0.05, 0.1) is 6.10 Å². The minimum Gasteiger partial charge on any atom is -0.477 e. The number of ether oxygens (including phenoxy) is 2. The molecule has 1 aliphatic rings. The van der Waals surface area contributed by atoms with Gasteiger partial charge < -0.3 is 20.1 Å². The van der Waals surface area contributed by atoms with E-state index in [9.17, 15) is 4.79 Å². The summed E-state index contributed by atoms with van der Waals surface area (Å²) in [5.41, 5.74) is -0.842. The van der Waals surface area contributed by atoms with Gasteiger partial charge >= 0.3 is 0 Å². The van der Waals surface area contributed by atoms with Crippen molar-refractivity contribution in [1.29, 1.82) is 0 Å². The second kappa shape index (κ2) is 8.52. The smallest absolute Gasteiger partial charge is 0.264 e. The van der Waals surface area contributed by atoms with Gasteiger partial charge in [-0.15, -0.1) is 0 Å². The highest BCUT2D eigenvalue weighted by Gasteiger charge is 2.42. The summed E-state index contributed by atoms with van der Waals surface area (Å²) in [5, 5.41) is 6.90. The Labute approximate surface area is 142 Å². The summed E-state index contributed by atoms with van der Waals surface area (Å²) in [6, 6.07) is 7.12. The fourth-order valence-electron chi connectivity index (χ4n) is 2.70. The molecular weight excluding hydrogens is 316 g/mol. The van der Waals surface area contributed by atoms with E-state index in [4.69, 9.17) is 21.1 Å². The second-order valence-corrected chi connectivity index (χ2v) is 6.21. The van der Waals surface area contributed by atoms with E-state index in [1.54, 1.807) is 31.4 Å². The number of hydrogen-bond acceptors (Lipinski definition) is 4. The molecule has 1 aliphatic heterocycles. The molecule has 1 saturated heterocycles. The lowest BCUT2D eigenvalue weighted by atomic mass is 9.90. The zero-order chi connectivity index (χ0) is 16.7. The average molecular weight is 341 g/mol. The third kappa shape index (κ3) is 4.83. The summed E-state index contributed by atoms with van der Waals surface area (Å²) < 4.78 is 11.4. The maximum atomic E-state index is 12.8. The molecule has 2 rings (SSSR count). The molecule has 1 fully saturated rings. The van der Waals surface area contributed by atoms with Crippen LogP contribution in [0.4, 0.5) is 0 Å². The van der Waals surface area contributed by atoms with Crippen LogP contribution in [0.3, 0.4) is 0 Å². The Morgan fingerprint density at radius 2 is 2.00 bits per heavy atom. The minimum atomic E-state index is -0.842. The van der Waals surface area contributed by atoms with Crippen molar-refractivity contribution in [3.8, 4) is 5.75 Å². The molecule has 1 atom stereocenters. The molecule has 23 heavy (non-hydrogen) atoms. The fraction of sp³-hybridized carbons (Fsp3) is 0.588. The first-order valence-corrected chi connectivity index (χ1v) is 8.44. The number of amides is 1. The molecule has 0 spiro atoms. The van der Waals surface area contributed by atoms with Crippen LogP contribution in [-0.4, -0.2) is 44.4 Å². The van der Waals surface area contributed by atoms with E-state index in [2.05, 4.69) is 10.6 Å². The molecule has 0 aromatic heterocycles. The van der Waals surface area contributed by atoms with Gasteiger partial charge in [-0.05, 0) is 43.8 Å². The molecule has 128 valence electrons. The van der Waals surface area contributed by atoms with Crippen LogP contribution in [0, 0.1) is 0 Å². The number of piperidine rings is 1. The van der Waals surface area contributed by atoms with E-state index in [-0.39, 0.29) is 12.0 Å². The Bertz CT molecular complexity index is 497. The predicted octanol–water partition coefficient (Wildman–Crippen LogP) is 2.38. The predicted molar refractivity (Wildman–Crippen MR) is 91.0 cm³/mol. The molecule has 1 amide bonds. The lowest BCUT2D eigenvalue weighted by Crippen LogP contribution is -2.57. The van der Waals surface area contributed by atoms with Crippen molar-refractivity contribution < 1.29 is 14.3 Å². The summed E-state index contributed by atoms with van der Waals surface area (Å²) in [6.45, 7) is 4.03. The van der Waals surface area contributed by atoms with Gasteiger partial charge in [-0.3, -0.25) is 4.79 Å². The number of carbonyl (C=O) groups excluding carboxylic acids is 1. The number of nitrogens with one attached hydrogen (secondary N) is 2. The molecule has 0 bridgehead atoms. The number of carbonyl (C=O) groups is 1.